The third-order valence-corrected chi connectivity index (χ3v) is 2.58. The first-order valence-corrected chi connectivity index (χ1v) is 5.27. The summed E-state index contributed by atoms with van der Waals surface area (Å²) in [6.07, 6.45) is 0. The molecule has 82 valence electrons. The molecule has 0 saturated heterocycles. The first-order valence-electron chi connectivity index (χ1n) is 4.48. The van der Waals surface area contributed by atoms with Gasteiger partial charge in [0.1, 0.15) is 17.5 Å². The van der Waals surface area contributed by atoms with Crippen molar-refractivity contribution < 1.29 is 13.2 Å². The molecular formula is C12H6BrF3. The lowest BCUT2D eigenvalue weighted by Gasteiger charge is -2.05. The first-order chi connectivity index (χ1) is 7.58. The van der Waals surface area contributed by atoms with Crippen molar-refractivity contribution in [2.45, 2.75) is 0 Å². The van der Waals surface area contributed by atoms with Gasteiger partial charge in [0.2, 0.25) is 0 Å². The maximum atomic E-state index is 13.5. The van der Waals surface area contributed by atoms with Crippen molar-refractivity contribution in [2.24, 2.45) is 0 Å². The third-order valence-electron chi connectivity index (χ3n) is 2.12. The Hall–Kier alpha value is -1.29. The molecule has 16 heavy (non-hydrogen) atoms. The second-order valence-electron chi connectivity index (χ2n) is 3.25. The molecule has 0 spiro atoms. The lowest BCUT2D eigenvalue weighted by Crippen LogP contribution is -1.91. The molecule has 2 aromatic carbocycles. The van der Waals surface area contributed by atoms with Gasteiger partial charge in [0, 0.05) is 4.47 Å². The third kappa shape index (κ3) is 2.11. The van der Waals surface area contributed by atoms with E-state index in [0.717, 1.165) is 18.2 Å². The zero-order valence-electron chi connectivity index (χ0n) is 7.98. The fraction of sp³-hybridized carbons (Fsp3) is 0. The maximum Gasteiger partial charge on any atom is 0.135 e. The average Bonchev–Trinajstić information content (AvgIpc) is 2.15. The standard InChI is InChI=1S/C12H6BrF3/c13-8-5-10(15)12(11(16)6-8)7-2-1-3-9(14)4-7/h1-6H. The molecule has 0 heterocycles. The number of rotatable bonds is 1. The van der Waals surface area contributed by atoms with Gasteiger partial charge in [0.15, 0.2) is 0 Å². The molecule has 4 heteroatoms. The summed E-state index contributed by atoms with van der Waals surface area (Å²) in [4.78, 5) is 0. The molecule has 0 unspecified atom stereocenters. The Labute approximate surface area is 98.9 Å². The molecule has 0 N–H and O–H groups in total. The van der Waals surface area contributed by atoms with Crippen molar-refractivity contribution >= 4 is 15.9 Å². The monoisotopic (exact) mass is 286 g/mol. The maximum absolute atomic E-state index is 13.5. The van der Waals surface area contributed by atoms with Gasteiger partial charge in [-0.05, 0) is 29.8 Å². The molecule has 0 atom stereocenters. The van der Waals surface area contributed by atoms with Crippen LogP contribution in [0, 0.1) is 17.5 Å². The number of hydrogen-bond acceptors (Lipinski definition) is 0. The van der Waals surface area contributed by atoms with E-state index in [0.29, 0.717) is 4.47 Å². The van der Waals surface area contributed by atoms with Crippen LogP contribution in [0.2, 0.25) is 0 Å². The van der Waals surface area contributed by atoms with E-state index in [4.69, 9.17) is 0 Å². The summed E-state index contributed by atoms with van der Waals surface area (Å²) in [5.41, 5.74) is -0.0369. The van der Waals surface area contributed by atoms with Gasteiger partial charge < -0.3 is 0 Å². The van der Waals surface area contributed by atoms with Gasteiger partial charge in [-0.1, -0.05) is 28.1 Å². The molecule has 0 bridgehead atoms. The predicted octanol–water partition coefficient (Wildman–Crippen LogP) is 4.53. The number of halogens is 4. The summed E-state index contributed by atoms with van der Waals surface area (Å²) in [6.45, 7) is 0. The molecule has 0 nitrogen and oxygen atoms in total. The Morgan fingerprint density at radius 3 is 2.06 bits per heavy atom. The quantitative estimate of drug-likeness (QED) is 0.722. The van der Waals surface area contributed by atoms with Crippen LogP contribution in [-0.4, -0.2) is 0 Å². The second kappa shape index (κ2) is 4.29. The van der Waals surface area contributed by atoms with Crippen LogP contribution in [0.3, 0.4) is 0 Å². The summed E-state index contributed by atoms with van der Waals surface area (Å²) < 4.78 is 40.3. The molecular weight excluding hydrogens is 281 g/mol. The van der Waals surface area contributed by atoms with E-state index >= 15 is 0 Å². The molecule has 0 aliphatic heterocycles. The zero-order chi connectivity index (χ0) is 11.7. The van der Waals surface area contributed by atoms with Crippen molar-refractivity contribution in [3.8, 4) is 11.1 Å². The van der Waals surface area contributed by atoms with Crippen molar-refractivity contribution in [3.05, 3.63) is 58.3 Å². The van der Waals surface area contributed by atoms with E-state index in [2.05, 4.69) is 15.9 Å². The SMILES string of the molecule is Fc1cccc(-c2c(F)cc(Br)cc2F)c1. The Morgan fingerprint density at radius 2 is 1.50 bits per heavy atom. The van der Waals surface area contributed by atoms with Crippen LogP contribution in [0.15, 0.2) is 40.9 Å². The first kappa shape index (κ1) is 11.2. The summed E-state index contributed by atoms with van der Waals surface area (Å²) in [7, 11) is 0. The van der Waals surface area contributed by atoms with Crippen LogP contribution in [-0.2, 0) is 0 Å². The van der Waals surface area contributed by atoms with Gasteiger partial charge >= 0.3 is 0 Å². The molecule has 0 fully saturated rings. The van der Waals surface area contributed by atoms with Gasteiger partial charge in [0.25, 0.3) is 0 Å². The molecule has 0 aromatic heterocycles. The lowest BCUT2D eigenvalue weighted by atomic mass is 10.0. The van der Waals surface area contributed by atoms with Crippen molar-refractivity contribution in [2.75, 3.05) is 0 Å². The lowest BCUT2D eigenvalue weighted by molar-refractivity contribution is 0.587. The normalized spacial score (nSPS) is 10.5. The zero-order valence-corrected chi connectivity index (χ0v) is 9.56. The molecule has 0 amide bonds. The molecule has 0 aliphatic carbocycles. The Morgan fingerprint density at radius 1 is 0.875 bits per heavy atom. The summed E-state index contributed by atoms with van der Waals surface area (Å²) in [5, 5.41) is 0. The van der Waals surface area contributed by atoms with E-state index in [1.165, 1.54) is 18.2 Å². The number of hydrogen-bond donors (Lipinski definition) is 0. The Balaban J connectivity index is 2.64. The topological polar surface area (TPSA) is 0 Å². The van der Waals surface area contributed by atoms with E-state index < -0.39 is 17.5 Å². The highest BCUT2D eigenvalue weighted by Crippen LogP contribution is 2.29. The molecule has 0 saturated carbocycles. The molecule has 0 aliphatic rings. The minimum Gasteiger partial charge on any atom is -0.207 e. The average molecular weight is 287 g/mol. The Bertz CT molecular complexity index is 515. The fourth-order valence-electron chi connectivity index (χ4n) is 1.46. The van der Waals surface area contributed by atoms with Crippen molar-refractivity contribution in [3.63, 3.8) is 0 Å². The van der Waals surface area contributed by atoms with Gasteiger partial charge in [0.05, 0.1) is 5.56 Å². The van der Waals surface area contributed by atoms with Crippen LogP contribution in [0.4, 0.5) is 13.2 Å². The second-order valence-corrected chi connectivity index (χ2v) is 4.17. The van der Waals surface area contributed by atoms with E-state index in [-0.39, 0.29) is 11.1 Å². The van der Waals surface area contributed by atoms with E-state index in [1.54, 1.807) is 0 Å². The smallest absolute Gasteiger partial charge is 0.135 e. The highest BCUT2D eigenvalue weighted by atomic mass is 79.9. The van der Waals surface area contributed by atoms with Crippen LogP contribution in [0.5, 0.6) is 0 Å². The van der Waals surface area contributed by atoms with Gasteiger partial charge in [-0.25, -0.2) is 13.2 Å². The minimum atomic E-state index is -0.725. The summed E-state index contributed by atoms with van der Waals surface area (Å²) >= 11 is 2.98. The summed E-state index contributed by atoms with van der Waals surface area (Å²) in [5.74, 6) is -1.98. The van der Waals surface area contributed by atoms with Crippen molar-refractivity contribution in [1.82, 2.24) is 0 Å². The summed E-state index contributed by atoms with van der Waals surface area (Å²) in [6, 6.07) is 7.46. The van der Waals surface area contributed by atoms with Crippen LogP contribution < -0.4 is 0 Å². The van der Waals surface area contributed by atoms with Crippen LogP contribution in [0.25, 0.3) is 11.1 Å². The predicted molar refractivity (Wildman–Crippen MR) is 59.5 cm³/mol. The van der Waals surface area contributed by atoms with Crippen molar-refractivity contribution in [1.29, 1.82) is 0 Å². The molecule has 0 radical (unpaired) electrons. The van der Waals surface area contributed by atoms with E-state index in [9.17, 15) is 13.2 Å². The fourth-order valence-corrected chi connectivity index (χ4v) is 1.86. The Kier molecular flexibility index (Phi) is 3.01. The molecule has 2 rings (SSSR count). The van der Waals surface area contributed by atoms with Gasteiger partial charge in [-0.15, -0.1) is 0 Å². The highest BCUT2D eigenvalue weighted by Gasteiger charge is 2.12. The molecule has 2 aromatic rings. The van der Waals surface area contributed by atoms with Gasteiger partial charge in [-0.2, -0.15) is 0 Å². The van der Waals surface area contributed by atoms with Gasteiger partial charge in [-0.3, -0.25) is 0 Å². The van der Waals surface area contributed by atoms with Crippen LogP contribution in [0.1, 0.15) is 0 Å². The van der Waals surface area contributed by atoms with Crippen LogP contribution >= 0.6 is 15.9 Å². The highest BCUT2D eigenvalue weighted by molar-refractivity contribution is 9.10. The number of benzene rings is 2. The van der Waals surface area contributed by atoms with E-state index in [1.807, 2.05) is 0 Å². The largest absolute Gasteiger partial charge is 0.207 e. The minimum absolute atomic E-state index is 0.183.